The van der Waals surface area contributed by atoms with E-state index in [4.69, 9.17) is 9.15 Å². The van der Waals surface area contributed by atoms with Crippen molar-refractivity contribution in [2.24, 2.45) is 0 Å². The summed E-state index contributed by atoms with van der Waals surface area (Å²) in [5.74, 6) is 0.459. The number of rotatable bonds is 6. The maximum atomic E-state index is 12.3. The molecule has 0 aliphatic carbocycles. The van der Waals surface area contributed by atoms with Crippen LogP contribution in [-0.4, -0.2) is 12.4 Å². The molecule has 0 amide bonds. The Balaban J connectivity index is 1.86. The second-order valence-corrected chi connectivity index (χ2v) is 6.48. The monoisotopic (exact) mass is 350 g/mol. The highest BCUT2D eigenvalue weighted by atomic mass is 16.5. The van der Waals surface area contributed by atoms with E-state index < -0.39 is 0 Å². The number of carbonyl (C=O) groups is 1. The first-order valence-electron chi connectivity index (χ1n) is 8.78. The van der Waals surface area contributed by atoms with E-state index in [0.29, 0.717) is 16.9 Å². The van der Waals surface area contributed by atoms with Crippen LogP contribution in [0.1, 0.15) is 40.4 Å². The van der Waals surface area contributed by atoms with Crippen molar-refractivity contribution >= 4 is 16.8 Å². The van der Waals surface area contributed by atoms with E-state index in [1.807, 2.05) is 38.1 Å². The molecule has 0 spiro atoms. The van der Waals surface area contributed by atoms with Gasteiger partial charge in [0.05, 0.1) is 0 Å². The molecule has 0 atom stereocenters. The lowest BCUT2D eigenvalue weighted by molar-refractivity contribution is 0.0921. The fraction of sp³-hybridized carbons (Fsp3) is 0.273. The second kappa shape index (κ2) is 7.56. The smallest absolute Gasteiger partial charge is 0.336 e. The Morgan fingerprint density at radius 1 is 1.08 bits per heavy atom. The zero-order valence-corrected chi connectivity index (χ0v) is 15.3. The van der Waals surface area contributed by atoms with Crippen molar-refractivity contribution in [3.63, 3.8) is 0 Å². The SMILES string of the molecule is CCCc1cc(=O)oc2c(C)c(OCC(=O)c3ccc(C)cc3)ccc12. The van der Waals surface area contributed by atoms with Crippen LogP contribution < -0.4 is 10.4 Å². The van der Waals surface area contributed by atoms with E-state index in [0.717, 1.165) is 34.9 Å². The Kier molecular flexibility index (Phi) is 5.21. The lowest BCUT2D eigenvalue weighted by Crippen LogP contribution is -2.12. The molecular weight excluding hydrogens is 328 g/mol. The van der Waals surface area contributed by atoms with E-state index in [1.54, 1.807) is 18.2 Å². The first-order valence-corrected chi connectivity index (χ1v) is 8.78. The third-order valence-corrected chi connectivity index (χ3v) is 4.45. The molecule has 0 fully saturated rings. The van der Waals surface area contributed by atoms with Crippen LogP contribution in [0.5, 0.6) is 5.75 Å². The summed E-state index contributed by atoms with van der Waals surface area (Å²) in [6, 6.07) is 12.7. The summed E-state index contributed by atoms with van der Waals surface area (Å²) in [5, 5.41) is 0.918. The third-order valence-electron chi connectivity index (χ3n) is 4.45. The molecule has 0 saturated heterocycles. The maximum Gasteiger partial charge on any atom is 0.336 e. The molecule has 0 aliphatic rings. The number of hydrogen-bond donors (Lipinski definition) is 0. The molecule has 4 heteroatoms. The average Bonchev–Trinajstić information content (AvgIpc) is 2.62. The highest BCUT2D eigenvalue weighted by Crippen LogP contribution is 2.29. The number of hydrogen-bond acceptors (Lipinski definition) is 4. The average molecular weight is 350 g/mol. The highest BCUT2D eigenvalue weighted by Gasteiger charge is 2.13. The maximum absolute atomic E-state index is 12.3. The summed E-state index contributed by atoms with van der Waals surface area (Å²) >= 11 is 0. The van der Waals surface area contributed by atoms with Gasteiger partial charge in [-0.25, -0.2) is 4.79 Å². The number of fused-ring (bicyclic) bond motifs is 1. The van der Waals surface area contributed by atoms with Crippen LogP contribution >= 0.6 is 0 Å². The van der Waals surface area contributed by atoms with Gasteiger partial charge in [-0.15, -0.1) is 0 Å². The minimum atomic E-state index is -0.364. The minimum Gasteiger partial charge on any atom is -0.485 e. The molecule has 2 aromatic carbocycles. The topological polar surface area (TPSA) is 56.5 Å². The molecule has 3 rings (SSSR count). The molecule has 0 saturated carbocycles. The first kappa shape index (κ1) is 17.9. The number of aryl methyl sites for hydroxylation is 3. The van der Waals surface area contributed by atoms with Gasteiger partial charge >= 0.3 is 5.63 Å². The predicted octanol–water partition coefficient (Wildman–Crippen LogP) is 4.62. The van der Waals surface area contributed by atoms with Crippen molar-refractivity contribution < 1.29 is 13.9 Å². The van der Waals surface area contributed by atoms with Crippen LogP contribution in [0.25, 0.3) is 11.0 Å². The van der Waals surface area contributed by atoms with E-state index in [9.17, 15) is 9.59 Å². The molecule has 1 heterocycles. The van der Waals surface area contributed by atoms with Gasteiger partial charge in [0.25, 0.3) is 0 Å². The van der Waals surface area contributed by atoms with Gasteiger partial charge in [0.2, 0.25) is 0 Å². The van der Waals surface area contributed by atoms with Crippen LogP contribution in [0.4, 0.5) is 0 Å². The Morgan fingerprint density at radius 2 is 1.81 bits per heavy atom. The number of carbonyl (C=O) groups excluding carboxylic acids is 1. The zero-order valence-electron chi connectivity index (χ0n) is 15.3. The van der Waals surface area contributed by atoms with Gasteiger partial charge in [-0.05, 0) is 38.0 Å². The van der Waals surface area contributed by atoms with Crippen molar-refractivity contribution in [3.8, 4) is 5.75 Å². The van der Waals surface area contributed by atoms with Gasteiger partial charge in [-0.3, -0.25) is 4.79 Å². The molecule has 134 valence electrons. The highest BCUT2D eigenvalue weighted by molar-refractivity contribution is 5.97. The zero-order chi connectivity index (χ0) is 18.7. The molecular formula is C22H22O4. The normalized spacial score (nSPS) is 10.9. The van der Waals surface area contributed by atoms with E-state index in [2.05, 4.69) is 6.92 Å². The van der Waals surface area contributed by atoms with E-state index in [-0.39, 0.29) is 18.0 Å². The summed E-state index contributed by atoms with van der Waals surface area (Å²) in [5.41, 5.74) is 3.59. The molecule has 0 unspecified atom stereocenters. The van der Waals surface area contributed by atoms with Crippen LogP contribution in [0.15, 0.2) is 51.7 Å². The number of ketones is 1. The third kappa shape index (κ3) is 3.69. The molecule has 0 radical (unpaired) electrons. The molecule has 1 aromatic heterocycles. The summed E-state index contributed by atoms with van der Waals surface area (Å²) < 4.78 is 11.1. The summed E-state index contributed by atoms with van der Waals surface area (Å²) in [6.07, 6.45) is 1.76. The number of Topliss-reactive ketones (excluding diaryl/α,β-unsaturated/α-hetero) is 1. The molecule has 26 heavy (non-hydrogen) atoms. The molecule has 3 aromatic rings. The Hall–Kier alpha value is -2.88. The van der Waals surface area contributed by atoms with Gasteiger partial charge in [0, 0.05) is 22.6 Å². The van der Waals surface area contributed by atoms with Crippen molar-refractivity contribution in [1.29, 1.82) is 0 Å². The Labute approximate surface area is 152 Å². The van der Waals surface area contributed by atoms with Crippen LogP contribution in [0.2, 0.25) is 0 Å². The van der Waals surface area contributed by atoms with Crippen LogP contribution in [0.3, 0.4) is 0 Å². The van der Waals surface area contributed by atoms with Crippen LogP contribution in [-0.2, 0) is 6.42 Å². The van der Waals surface area contributed by atoms with Crippen molar-refractivity contribution in [3.05, 3.63) is 75.1 Å². The Morgan fingerprint density at radius 3 is 2.50 bits per heavy atom. The van der Waals surface area contributed by atoms with Gasteiger partial charge in [0.15, 0.2) is 12.4 Å². The van der Waals surface area contributed by atoms with Crippen molar-refractivity contribution in [1.82, 2.24) is 0 Å². The molecule has 4 nitrogen and oxygen atoms in total. The Bertz CT molecular complexity index is 997. The fourth-order valence-electron chi connectivity index (χ4n) is 3.01. The second-order valence-electron chi connectivity index (χ2n) is 6.48. The van der Waals surface area contributed by atoms with Gasteiger partial charge < -0.3 is 9.15 Å². The minimum absolute atomic E-state index is 0.0612. The summed E-state index contributed by atoms with van der Waals surface area (Å²) in [6.45, 7) is 5.83. The molecule has 0 N–H and O–H groups in total. The molecule has 0 bridgehead atoms. The number of ether oxygens (including phenoxy) is 1. The standard InChI is InChI=1S/C22H22O4/c1-4-5-17-12-21(24)26-22-15(3)20(11-10-18(17)22)25-13-19(23)16-8-6-14(2)7-9-16/h6-12H,4-5,13H2,1-3H3. The summed E-state index contributed by atoms with van der Waals surface area (Å²) in [7, 11) is 0. The lowest BCUT2D eigenvalue weighted by Gasteiger charge is -2.12. The first-order chi connectivity index (χ1) is 12.5. The largest absolute Gasteiger partial charge is 0.485 e. The van der Waals surface area contributed by atoms with Gasteiger partial charge in [-0.1, -0.05) is 43.2 Å². The van der Waals surface area contributed by atoms with Crippen molar-refractivity contribution in [2.45, 2.75) is 33.6 Å². The van der Waals surface area contributed by atoms with Crippen LogP contribution in [0, 0.1) is 13.8 Å². The van der Waals surface area contributed by atoms with Gasteiger partial charge in [0.1, 0.15) is 11.3 Å². The van der Waals surface area contributed by atoms with E-state index >= 15 is 0 Å². The quantitative estimate of drug-likeness (QED) is 0.481. The fourth-order valence-corrected chi connectivity index (χ4v) is 3.01. The van der Waals surface area contributed by atoms with E-state index in [1.165, 1.54) is 0 Å². The molecule has 0 aliphatic heterocycles. The lowest BCUT2D eigenvalue weighted by atomic mass is 10.0. The predicted molar refractivity (Wildman–Crippen MR) is 102 cm³/mol. The summed E-state index contributed by atoms with van der Waals surface area (Å²) in [4.78, 5) is 24.2. The van der Waals surface area contributed by atoms with Crippen molar-refractivity contribution in [2.75, 3.05) is 6.61 Å². The van der Waals surface area contributed by atoms with Gasteiger partial charge in [-0.2, -0.15) is 0 Å². The number of benzene rings is 2.